The molecule has 7 nitrogen and oxygen atoms in total. The van der Waals surface area contributed by atoms with E-state index in [0.717, 1.165) is 55.3 Å². The Bertz CT molecular complexity index is 906. The first kappa shape index (κ1) is 19.8. The number of aromatic nitrogens is 2. The van der Waals surface area contributed by atoms with Crippen LogP contribution >= 0.6 is 0 Å². The lowest BCUT2D eigenvalue weighted by atomic mass is 10.0. The lowest BCUT2D eigenvalue weighted by Gasteiger charge is -2.40. The second-order valence-electron chi connectivity index (χ2n) is 8.07. The average Bonchev–Trinajstić information content (AvgIpc) is 3.26. The van der Waals surface area contributed by atoms with Gasteiger partial charge >= 0.3 is 0 Å². The fourth-order valence-corrected chi connectivity index (χ4v) is 4.16. The molecule has 0 atom stereocenters. The third-order valence-electron chi connectivity index (χ3n) is 5.69. The monoisotopic (exact) mass is 396 g/mol. The summed E-state index contributed by atoms with van der Waals surface area (Å²) in [4.78, 5) is 20.3. The van der Waals surface area contributed by atoms with Crippen molar-refractivity contribution in [1.29, 1.82) is 0 Å². The molecule has 0 spiro atoms. The van der Waals surface area contributed by atoms with Crippen LogP contribution in [0, 0.1) is 6.92 Å². The van der Waals surface area contributed by atoms with E-state index in [4.69, 9.17) is 9.83 Å². The largest absolute Gasteiger partial charge is 0.352 e. The fraction of sp³-hybridized carbons (Fsp3) is 0.545. The van der Waals surface area contributed by atoms with Crippen LogP contribution in [0.15, 0.2) is 45.8 Å². The highest BCUT2D eigenvalue weighted by Gasteiger charge is 2.34. The number of allylic oxidation sites excluding steroid dienone is 2. The number of hydroxylamine groups is 2. The Morgan fingerprint density at radius 2 is 1.97 bits per heavy atom. The van der Waals surface area contributed by atoms with Gasteiger partial charge in [-0.1, -0.05) is 13.8 Å². The molecule has 3 aliphatic heterocycles. The summed E-state index contributed by atoms with van der Waals surface area (Å²) in [5.41, 5.74) is 5.89. The van der Waals surface area contributed by atoms with Crippen molar-refractivity contribution < 1.29 is 4.84 Å². The van der Waals surface area contributed by atoms with E-state index < -0.39 is 0 Å². The molecule has 4 rings (SSSR count). The van der Waals surface area contributed by atoms with Gasteiger partial charge in [-0.25, -0.2) is 10.0 Å². The van der Waals surface area contributed by atoms with Crippen molar-refractivity contribution in [1.82, 2.24) is 24.4 Å². The molecule has 156 valence electrons. The standard InChI is InChI=1S/C22H32N6O/c1-6-8-20-24-17(4)12-26(20)15-29-27-13-19-10-23-21-18(5)16(3)11-25(9-7-2)22(21)28(19)14-27/h10,12-13H,6-9,11,14-15H2,1-5H3. The summed E-state index contributed by atoms with van der Waals surface area (Å²) in [7, 11) is 0. The quantitative estimate of drug-likeness (QED) is 0.702. The number of hydrogen-bond donors (Lipinski definition) is 0. The minimum absolute atomic E-state index is 0.466. The van der Waals surface area contributed by atoms with E-state index in [0.29, 0.717) is 13.4 Å². The number of fused-ring (bicyclic) bond motifs is 2. The minimum atomic E-state index is 0.466. The predicted octanol–water partition coefficient (Wildman–Crippen LogP) is 3.77. The zero-order valence-electron chi connectivity index (χ0n) is 18.3. The maximum absolute atomic E-state index is 6.13. The normalized spacial score (nSPS) is 18.7. The van der Waals surface area contributed by atoms with Crippen LogP contribution in [0.3, 0.4) is 0 Å². The Balaban J connectivity index is 1.51. The van der Waals surface area contributed by atoms with Crippen molar-refractivity contribution in [3.05, 3.63) is 52.3 Å². The van der Waals surface area contributed by atoms with Crippen molar-refractivity contribution in [3.8, 4) is 0 Å². The number of nitrogens with zero attached hydrogens (tertiary/aromatic N) is 6. The molecular formula is C22H32N6O. The number of aryl methyl sites for hydroxylation is 2. The van der Waals surface area contributed by atoms with Gasteiger partial charge in [-0.15, -0.1) is 0 Å². The van der Waals surface area contributed by atoms with E-state index >= 15 is 0 Å². The highest BCUT2D eigenvalue weighted by Crippen LogP contribution is 2.36. The fourth-order valence-electron chi connectivity index (χ4n) is 4.16. The van der Waals surface area contributed by atoms with Gasteiger partial charge in [0, 0.05) is 25.7 Å². The van der Waals surface area contributed by atoms with Crippen molar-refractivity contribution in [3.63, 3.8) is 0 Å². The number of imidazole rings is 1. The first-order valence-electron chi connectivity index (χ1n) is 10.6. The van der Waals surface area contributed by atoms with Crippen LogP contribution in [0.25, 0.3) is 0 Å². The van der Waals surface area contributed by atoms with Crippen LogP contribution in [0.1, 0.15) is 52.1 Å². The van der Waals surface area contributed by atoms with Crippen molar-refractivity contribution in [2.75, 3.05) is 19.8 Å². The Hall–Kier alpha value is -2.54. The van der Waals surface area contributed by atoms with Crippen LogP contribution in [0.5, 0.6) is 0 Å². The molecule has 7 heteroatoms. The Morgan fingerprint density at radius 3 is 2.72 bits per heavy atom. The maximum Gasteiger partial charge on any atom is 0.151 e. The topological polar surface area (TPSA) is 49.1 Å². The van der Waals surface area contributed by atoms with Crippen LogP contribution in [0.2, 0.25) is 0 Å². The minimum Gasteiger partial charge on any atom is -0.352 e. The predicted molar refractivity (Wildman–Crippen MR) is 114 cm³/mol. The molecule has 0 fully saturated rings. The van der Waals surface area contributed by atoms with Crippen molar-refractivity contribution in [2.45, 2.75) is 60.6 Å². The molecule has 1 aromatic heterocycles. The maximum atomic E-state index is 6.13. The van der Waals surface area contributed by atoms with E-state index in [1.54, 1.807) is 0 Å². The zero-order valence-corrected chi connectivity index (χ0v) is 18.3. The van der Waals surface area contributed by atoms with E-state index in [1.165, 1.54) is 17.0 Å². The molecule has 4 heterocycles. The molecule has 0 radical (unpaired) electrons. The first-order valence-corrected chi connectivity index (χ1v) is 10.6. The summed E-state index contributed by atoms with van der Waals surface area (Å²) in [6, 6.07) is 0. The van der Waals surface area contributed by atoms with E-state index in [9.17, 15) is 0 Å². The van der Waals surface area contributed by atoms with Crippen LogP contribution < -0.4 is 0 Å². The Labute approximate surface area is 173 Å². The van der Waals surface area contributed by atoms with E-state index in [1.807, 2.05) is 24.4 Å². The zero-order chi connectivity index (χ0) is 20.5. The van der Waals surface area contributed by atoms with Gasteiger partial charge in [-0.2, -0.15) is 0 Å². The van der Waals surface area contributed by atoms with Crippen LogP contribution in [0.4, 0.5) is 0 Å². The lowest BCUT2D eigenvalue weighted by molar-refractivity contribution is -0.159. The van der Waals surface area contributed by atoms with E-state index in [-0.39, 0.29) is 0 Å². The van der Waals surface area contributed by atoms with Crippen molar-refractivity contribution in [2.24, 2.45) is 4.99 Å². The summed E-state index contributed by atoms with van der Waals surface area (Å²) in [5.74, 6) is 2.29. The van der Waals surface area contributed by atoms with Gasteiger partial charge in [-0.3, -0.25) is 9.83 Å². The molecule has 1 aromatic rings. The summed E-state index contributed by atoms with van der Waals surface area (Å²) >= 11 is 0. The molecule has 0 N–H and O–H groups in total. The first-order chi connectivity index (χ1) is 14.0. The molecule has 0 saturated carbocycles. The Kier molecular flexibility index (Phi) is 5.50. The molecule has 0 aromatic carbocycles. The molecule has 0 aliphatic carbocycles. The van der Waals surface area contributed by atoms with Gasteiger partial charge in [0.15, 0.2) is 6.73 Å². The SMILES string of the molecule is CCCc1nc(C)cn1CON1C=C2C=NC3=C(N(CCC)CC(C)=C3C)N2C1. The molecule has 0 saturated heterocycles. The molecule has 0 bridgehead atoms. The molecule has 0 unspecified atom stereocenters. The van der Waals surface area contributed by atoms with Crippen molar-refractivity contribution >= 4 is 6.21 Å². The van der Waals surface area contributed by atoms with Crippen LogP contribution in [-0.2, 0) is 18.0 Å². The smallest absolute Gasteiger partial charge is 0.151 e. The third-order valence-corrected chi connectivity index (χ3v) is 5.69. The third kappa shape index (κ3) is 3.71. The van der Waals surface area contributed by atoms with Gasteiger partial charge in [0.05, 0.1) is 23.8 Å². The molecule has 29 heavy (non-hydrogen) atoms. The summed E-state index contributed by atoms with van der Waals surface area (Å²) in [6.45, 7) is 13.9. The Morgan fingerprint density at radius 1 is 1.14 bits per heavy atom. The second-order valence-corrected chi connectivity index (χ2v) is 8.07. The van der Waals surface area contributed by atoms with Gasteiger partial charge in [0.2, 0.25) is 0 Å². The van der Waals surface area contributed by atoms with Gasteiger partial charge < -0.3 is 14.4 Å². The van der Waals surface area contributed by atoms with Gasteiger partial charge in [0.1, 0.15) is 24.0 Å². The van der Waals surface area contributed by atoms with Gasteiger partial charge in [-0.05, 0) is 44.8 Å². The lowest BCUT2D eigenvalue weighted by Crippen LogP contribution is -2.42. The number of rotatable bonds is 7. The highest BCUT2D eigenvalue weighted by molar-refractivity contribution is 5.82. The van der Waals surface area contributed by atoms with Crippen LogP contribution in [-0.4, -0.2) is 50.4 Å². The highest BCUT2D eigenvalue weighted by atomic mass is 16.7. The molecular weight excluding hydrogens is 364 g/mol. The second kappa shape index (κ2) is 8.06. The van der Waals surface area contributed by atoms with E-state index in [2.05, 4.69) is 53.2 Å². The summed E-state index contributed by atoms with van der Waals surface area (Å²) in [5, 5.41) is 1.91. The number of aliphatic imine (C=N–C) groups is 1. The van der Waals surface area contributed by atoms with Gasteiger partial charge in [0.25, 0.3) is 0 Å². The summed E-state index contributed by atoms with van der Waals surface area (Å²) in [6.07, 6.45) is 9.21. The summed E-state index contributed by atoms with van der Waals surface area (Å²) < 4.78 is 2.10. The average molecular weight is 397 g/mol. The molecule has 3 aliphatic rings. The molecule has 0 amide bonds. The number of hydrogen-bond acceptors (Lipinski definition) is 6.